The number of tetrazole rings is 1. The molecule has 0 radical (unpaired) electrons. The molecule has 0 aliphatic heterocycles. The predicted octanol–water partition coefficient (Wildman–Crippen LogP) is 0.424. The molecule has 1 rings (SSSR count). The van der Waals surface area contributed by atoms with Crippen molar-refractivity contribution in [2.24, 2.45) is 0 Å². The van der Waals surface area contributed by atoms with Crippen LogP contribution in [-0.4, -0.2) is 27.1 Å². The highest BCUT2D eigenvalue weighted by atomic mass is 32.9. The van der Waals surface area contributed by atoms with E-state index in [1.807, 2.05) is 20.8 Å². The van der Waals surface area contributed by atoms with Gasteiger partial charge in [-0.15, -0.1) is 0 Å². The predicted molar refractivity (Wildman–Crippen MR) is 66.1 cm³/mol. The molecule has 16 heavy (non-hydrogen) atoms. The van der Waals surface area contributed by atoms with Crippen molar-refractivity contribution >= 4 is 29.7 Å². The maximum absolute atomic E-state index is 11.8. The van der Waals surface area contributed by atoms with Crippen molar-refractivity contribution in [3.8, 4) is 0 Å². The summed E-state index contributed by atoms with van der Waals surface area (Å²) in [6.45, 7) is 5.46. The second-order valence-electron chi connectivity index (χ2n) is 3.95. The monoisotopic (exact) mass is 284 g/mol. The van der Waals surface area contributed by atoms with E-state index < -0.39 is 16.9 Å². The van der Waals surface area contributed by atoms with E-state index in [0.29, 0.717) is 4.85 Å². The summed E-state index contributed by atoms with van der Waals surface area (Å²) < 4.78 is 11.0. The number of thiol groups is 1. The molecule has 7 nitrogen and oxygen atoms in total. The van der Waals surface area contributed by atoms with Crippen LogP contribution in [0.15, 0.2) is 4.79 Å². The normalized spacial score (nSPS) is 15.8. The maximum atomic E-state index is 11.8. The summed E-state index contributed by atoms with van der Waals surface area (Å²) >= 11 is 8.85. The van der Waals surface area contributed by atoms with Crippen LogP contribution in [0.5, 0.6) is 0 Å². The van der Waals surface area contributed by atoms with Gasteiger partial charge < -0.3 is 9.15 Å². The Labute approximate surface area is 103 Å². The van der Waals surface area contributed by atoms with Gasteiger partial charge in [-0.1, -0.05) is 12.2 Å². The van der Waals surface area contributed by atoms with Crippen LogP contribution in [-0.2, 0) is 21.9 Å². The van der Waals surface area contributed by atoms with Gasteiger partial charge in [-0.2, -0.15) is 4.68 Å². The SMILES string of the molecule is COP(=S)(S)On1nnn(C(C)(C)C)c1=O. The van der Waals surface area contributed by atoms with Crippen LogP contribution in [0.2, 0.25) is 0 Å². The molecule has 1 unspecified atom stereocenters. The van der Waals surface area contributed by atoms with Crippen molar-refractivity contribution in [2.45, 2.75) is 26.3 Å². The van der Waals surface area contributed by atoms with Crippen LogP contribution in [0.4, 0.5) is 0 Å². The van der Waals surface area contributed by atoms with Crippen molar-refractivity contribution in [1.29, 1.82) is 0 Å². The first-order chi connectivity index (χ1) is 7.17. The van der Waals surface area contributed by atoms with Gasteiger partial charge in [-0.25, -0.2) is 4.79 Å². The van der Waals surface area contributed by atoms with Crippen molar-refractivity contribution in [3.05, 3.63) is 10.5 Å². The fourth-order valence-electron chi connectivity index (χ4n) is 0.837. The third-order valence-corrected chi connectivity index (χ3v) is 3.78. The summed E-state index contributed by atoms with van der Waals surface area (Å²) in [5.74, 6) is 0. The van der Waals surface area contributed by atoms with Gasteiger partial charge in [0, 0.05) is 7.11 Å². The molecule has 0 aliphatic rings. The van der Waals surface area contributed by atoms with Gasteiger partial charge in [0.2, 0.25) is 0 Å². The Bertz CT molecular complexity index is 477. The molecule has 0 spiro atoms. The third-order valence-electron chi connectivity index (χ3n) is 1.60. The van der Waals surface area contributed by atoms with Crippen molar-refractivity contribution in [1.82, 2.24) is 20.0 Å². The molecule has 1 aromatic heterocycles. The third kappa shape index (κ3) is 3.07. The van der Waals surface area contributed by atoms with Gasteiger partial charge in [0.1, 0.15) is 0 Å². The lowest BCUT2D eigenvalue weighted by Crippen LogP contribution is -2.37. The Balaban J connectivity index is 3.08. The summed E-state index contributed by atoms with van der Waals surface area (Å²) in [7, 11) is 1.35. The number of aromatic nitrogens is 4. The van der Waals surface area contributed by atoms with Crippen LogP contribution in [0, 0.1) is 0 Å². The molecule has 0 amide bonds. The lowest BCUT2D eigenvalue weighted by molar-refractivity contribution is 0.209. The quantitative estimate of drug-likeness (QED) is 0.641. The second-order valence-corrected chi connectivity index (χ2v) is 9.25. The van der Waals surface area contributed by atoms with Crippen LogP contribution in [0.3, 0.4) is 0 Å². The van der Waals surface area contributed by atoms with Crippen molar-refractivity contribution in [2.75, 3.05) is 7.11 Å². The lowest BCUT2D eigenvalue weighted by Gasteiger charge is -2.16. The average Bonchev–Trinajstić information content (AvgIpc) is 2.47. The van der Waals surface area contributed by atoms with Gasteiger partial charge in [-0.3, -0.25) is 0 Å². The van der Waals surface area contributed by atoms with E-state index in [9.17, 15) is 4.79 Å². The molecular weight excluding hydrogens is 271 g/mol. The lowest BCUT2D eigenvalue weighted by atomic mass is 10.1. The molecule has 0 saturated carbocycles. The molecule has 0 N–H and O–H groups in total. The highest BCUT2D eigenvalue weighted by Crippen LogP contribution is 2.48. The zero-order chi connectivity index (χ0) is 12.6. The van der Waals surface area contributed by atoms with Crippen molar-refractivity contribution in [3.63, 3.8) is 0 Å². The van der Waals surface area contributed by atoms with Crippen molar-refractivity contribution < 1.29 is 9.15 Å². The Kier molecular flexibility index (Phi) is 3.83. The zero-order valence-corrected chi connectivity index (χ0v) is 11.9. The highest BCUT2D eigenvalue weighted by molar-refractivity contribution is 8.60. The van der Waals surface area contributed by atoms with E-state index in [4.69, 9.17) is 21.0 Å². The summed E-state index contributed by atoms with van der Waals surface area (Å²) in [6, 6.07) is 0. The van der Waals surface area contributed by atoms with E-state index in [1.165, 1.54) is 11.8 Å². The first kappa shape index (κ1) is 13.7. The first-order valence-corrected chi connectivity index (χ1v) is 8.10. The van der Waals surface area contributed by atoms with E-state index in [0.717, 1.165) is 0 Å². The molecule has 0 bridgehead atoms. The second kappa shape index (κ2) is 4.48. The summed E-state index contributed by atoms with van der Waals surface area (Å²) in [5.41, 5.74) is -3.79. The first-order valence-electron chi connectivity index (χ1n) is 4.31. The molecule has 0 saturated heterocycles. The topological polar surface area (TPSA) is 71.2 Å². The maximum Gasteiger partial charge on any atom is 0.398 e. The minimum absolute atomic E-state index is 0.481. The molecule has 92 valence electrons. The highest BCUT2D eigenvalue weighted by Gasteiger charge is 2.23. The molecule has 10 heteroatoms. The minimum Gasteiger partial charge on any atom is -0.324 e. The van der Waals surface area contributed by atoms with Crippen LogP contribution < -0.4 is 10.3 Å². The summed E-state index contributed by atoms with van der Waals surface area (Å²) in [4.78, 5) is 12.5. The average molecular weight is 284 g/mol. The summed E-state index contributed by atoms with van der Waals surface area (Å²) in [5, 5.41) is 7.22. The zero-order valence-electron chi connectivity index (χ0n) is 9.32. The van der Waals surface area contributed by atoms with Gasteiger partial charge in [0.05, 0.1) is 5.54 Å². The Morgan fingerprint density at radius 3 is 2.38 bits per heavy atom. The number of hydrogen-bond donors (Lipinski definition) is 1. The summed E-state index contributed by atoms with van der Waals surface area (Å²) in [6.07, 6.45) is 0. The van der Waals surface area contributed by atoms with Gasteiger partial charge in [-0.05, 0) is 47.8 Å². The molecule has 0 aromatic carbocycles. The van der Waals surface area contributed by atoms with Crippen LogP contribution in [0.1, 0.15) is 20.8 Å². The van der Waals surface area contributed by atoms with Crippen LogP contribution in [0.25, 0.3) is 0 Å². The number of hydrogen-bond acceptors (Lipinski definition) is 6. The Morgan fingerprint density at radius 1 is 1.44 bits per heavy atom. The van der Waals surface area contributed by atoms with Crippen LogP contribution >= 0.6 is 17.9 Å². The van der Waals surface area contributed by atoms with Gasteiger partial charge in [0.15, 0.2) is 0 Å². The largest absolute Gasteiger partial charge is 0.398 e. The molecular formula is C6H13N4O3PS2. The molecule has 1 atom stereocenters. The fraction of sp³-hybridized carbons (Fsp3) is 0.833. The number of rotatable bonds is 3. The van der Waals surface area contributed by atoms with E-state index in [-0.39, 0.29) is 0 Å². The van der Waals surface area contributed by atoms with E-state index in [2.05, 4.69) is 22.7 Å². The van der Waals surface area contributed by atoms with Gasteiger partial charge >= 0.3 is 11.4 Å². The molecule has 1 aromatic rings. The van der Waals surface area contributed by atoms with E-state index in [1.54, 1.807) is 0 Å². The minimum atomic E-state index is -2.79. The van der Waals surface area contributed by atoms with Gasteiger partial charge in [0.25, 0.3) is 0 Å². The smallest absolute Gasteiger partial charge is 0.324 e. The molecule has 1 heterocycles. The number of nitrogens with zero attached hydrogens (tertiary/aromatic N) is 4. The standard InChI is InChI=1S/C6H13N4O3PS2/c1-6(2,3)9-5(11)10(8-7-9)13-14(15,16)12-4/h1-4H3,(H,15,16). The molecule has 0 fully saturated rings. The fourth-order valence-corrected chi connectivity index (χ4v) is 1.60. The Hall–Kier alpha value is -0.370. The molecule has 0 aliphatic carbocycles. The van der Waals surface area contributed by atoms with E-state index >= 15 is 0 Å². The Morgan fingerprint density at radius 2 is 2.00 bits per heavy atom.